The van der Waals surface area contributed by atoms with Crippen molar-refractivity contribution in [3.63, 3.8) is 0 Å². The van der Waals surface area contributed by atoms with Gasteiger partial charge in [0, 0.05) is 17.6 Å². The Labute approximate surface area is 130 Å². The third-order valence-electron chi connectivity index (χ3n) is 3.30. The van der Waals surface area contributed by atoms with Gasteiger partial charge in [-0.2, -0.15) is 0 Å². The first-order chi connectivity index (χ1) is 10.2. The van der Waals surface area contributed by atoms with E-state index in [0.29, 0.717) is 0 Å². The number of hydrogen-bond donors (Lipinski definition) is 1. The predicted octanol–water partition coefficient (Wildman–Crippen LogP) is 4.13. The molecule has 0 aliphatic rings. The summed E-state index contributed by atoms with van der Waals surface area (Å²) in [6, 6.07) is 11.9. The average molecular weight is 306 g/mol. The van der Waals surface area contributed by atoms with E-state index >= 15 is 0 Å². The summed E-state index contributed by atoms with van der Waals surface area (Å²) in [5, 5.41) is 4.07. The molecule has 0 fully saturated rings. The topological polar surface area (TPSA) is 30.5 Å². The minimum Gasteiger partial charge on any atom is -0.497 e. The van der Waals surface area contributed by atoms with Gasteiger partial charge in [-0.3, -0.25) is 0 Å². The molecule has 0 heterocycles. The number of methoxy groups -OCH3 is 2. The number of ether oxygens (including phenoxy) is 2. The van der Waals surface area contributed by atoms with Crippen LogP contribution in [0, 0.1) is 0 Å². The highest BCUT2D eigenvalue weighted by atomic mass is 35.5. The highest BCUT2D eigenvalue weighted by molar-refractivity contribution is 6.31. The van der Waals surface area contributed by atoms with E-state index in [9.17, 15) is 0 Å². The van der Waals surface area contributed by atoms with Gasteiger partial charge in [-0.15, -0.1) is 0 Å². The first kappa shape index (κ1) is 15.7. The SMILES string of the molecule is CCNCc1cc(-c2cc(OC)cc(OC)c2)ccc1Cl. The molecule has 112 valence electrons. The summed E-state index contributed by atoms with van der Waals surface area (Å²) >= 11 is 6.25. The molecule has 0 bridgehead atoms. The average Bonchev–Trinajstić information content (AvgIpc) is 2.53. The quantitative estimate of drug-likeness (QED) is 0.870. The molecule has 0 spiro atoms. The van der Waals surface area contributed by atoms with Gasteiger partial charge >= 0.3 is 0 Å². The summed E-state index contributed by atoms with van der Waals surface area (Å²) in [5.41, 5.74) is 3.21. The highest BCUT2D eigenvalue weighted by Gasteiger charge is 2.07. The molecule has 0 amide bonds. The second-order valence-electron chi connectivity index (χ2n) is 4.69. The molecular weight excluding hydrogens is 286 g/mol. The molecule has 0 atom stereocenters. The Hall–Kier alpha value is -1.71. The van der Waals surface area contributed by atoms with Crippen LogP contribution in [0.4, 0.5) is 0 Å². The Kier molecular flexibility index (Phi) is 5.48. The van der Waals surface area contributed by atoms with Gasteiger partial charge in [-0.1, -0.05) is 24.6 Å². The number of benzene rings is 2. The van der Waals surface area contributed by atoms with Crippen molar-refractivity contribution in [1.29, 1.82) is 0 Å². The molecule has 0 aromatic heterocycles. The van der Waals surface area contributed by atoms with Crippen molar-refractivity contribution in [1.82, 2.24) is 5.32 Å². The van der Waals surface area contributed by atoms with E-state index < -0.39 is 0 Å². The highest BCUT2D eigenvalue weighted by Crippen LogP contribution is 2.31. The summed E-state index contributed by atoms with van der Waals surface area (Å²) in [4.78, 5) is 0. The molecule has 3 nitrogen and oxygen atoms in total. The van der Waals surface area contributed by atoms with Gasteiger partial charge in [0.2, 0.25) is 0 Å². The van der Waals surface area contributed by atoms with Crippen molar-refractivity contribution in [2.75, 3.05) is 20.8 Å². The Morgan fingerprint density at radius 2 is 1.62 bits per heavy atom. The minimum atomic E-state index is 0.754. The largest absolute Gasteiger partial charge is 0.497 e. The number of halogens is 1. The van der Waals surface area contributed by atoms with Gasteiger partial charge in [0.05, 0.1) is 14.2 Å². The zero-order chi connectivity index (χ0) is 15.2. The minimum absolute atomic E-state index is 0.754. The smallest absolute Gasteiger partial charge is 0.123 e. The maximum Gasteiger partial charge on any atom is 0.123 e. The lowest BCUT2D eigenvalue weighted by Crippen LogP contribution is -2.12. The third-order valence-corrected chi connectivity index (χ3v) is 3.66. The molecular formula is C17H20ClNO2. The molecule has 21 heavy (non-hydrogen) atoms. The van der Waals surface area contributed by atoms with Gasteiger partial charge < -0.3 is 14.8 Å². The van der Waals surface area contributed by atoms with Crippen molar-refractivity contribution in [3.8, 4) is 22.6 Å². The molecule has 2 rings (SSSR count). The predicted molar refractivity (Wildman–Crippen MR) is 87.4 cm³/mol. The van der Waals surface area contributed by atoms with Crippen LogP contribution in [-0.2, 0) is 6.54 Å². The maximum atomic E-state index is 6.25. The van der Waals surface area contributed by atoms with Crippen LogP contribution in [0.5, 0.6) is 11.5 Å². The van der Waals surface area contributed by atoms with Crippen molar-refractivity contribution >= 4 is 11.6 Å². The molecule has 2 aromatic rings. The monoisotopic (exact) mass is 305 g/mol. The van der Waals surface area contributed by atoms with Crippen LogP contribution in [0.3, 0.4) is 0 Å². The van der Waals surface area contributed by atoms with E-state index in [1.165, 1.54) is 0 Å². The van der Waals surface area contributed by atoms with Gasteiger partial charge in [-0.05, 0) is 47.5 Å². The van der Waals surface area contributed by atoms with Gasteiger partial charge in [0.1, 0.15) is 11.5 Å². The number of nitrogens with one attached hydrogen (secondary N) is 1. The summed E-state index contributed by atoms with van der Waals surface area (Å²) in [5.74, 6) is 1.54. The van der Waals surface area contributed by atoms with E-state index in [-0.39, 0.29) is 0 Å². The Bertz CT molecular complexity index is 591. The molecule has 0 saturated heterocycles. The third kappa shape index (κ3) is 3.90. The zero-order valence-corrected chi connectivity index (χ0v) is 13.3. The molecule has 4 heteroatoms. The summed E-state index contributed by atoms with van der Waals surface area (Å²) in [6.07, 6.45) is 0. The summed E-state index contributed by atoms with van der Waals surface area (Å²) in [6.45, 7) is 3.74. The van der Waals surface area contributed by atoms with Crippen LogP contribution in [0.1, 0.15) is 12.5 Å². The van der Waals surface area contributed by atoms with E-state index in [2.05, 4.69) is 18.3 Å². The van der Waals surface area contributed by atoms with E-state index in [1.54, 1.807) is 14.2 Å². The molecule has 0 aliphatic heterocycles. The fourth-order valence-corrected chi connectivity index (χ4v) is 2.31. The van der Waals surface area contributed by atoms with E-state index in [1.807, 2.05) is 30.3 Å². The molecule has 2 aromatic carbocycles. The lowest BCUT2D eigenvalue weighted by Gasteiger charge is -2.11. The van der Waals surface area contributed by atoms with Crippen LogP contribution in [-0.4, -0.2) is 20.8 Å². The van der Waals surface area contributed by atoms with Crippen molar-refractivity contribution in [2.24, 2.45) is 0 Å². The van der Waals surface area contributed by atoms with Gasteiger partial charge in [0.15, 0.2) is 0 Å². The molecule has 0 radical (unpaired) electrons. The molecule has 0 saturated carbocycles. The lowest BCUT2D eigenvalue weighted by molar-refractivity contribution is 0.394. The molecule has 0 unspecified atom stereocenters. The van der Waals surface area contributed by atoms with Crippen LogP contribution < -0.4 is 14.8 Å². The normalized spacial score (nSPS) is 10.5. The number of rotatable bonds is 6. The summed E-state index contributed by atoms with van der Waals surface area (Å²) < 4.78 is 10.6. The van der Waals surface area contributed by atoms with Crippen LogP contribution in [0.15, 0.2) is 36.4 Å². The van der Waals surface area contributed by atoms with Crippen LogP contribution in [0.2, 0.25) is 5.02 Å². The molecule has 1 N–H and O–H groups in total. The standard InChI is InChI=1S/C17H20ClNO2/c1-4-19-11-14-7-12(5-6-17(14)18)13-8-15(20-2)10-16(9-13)21-3/h5-10,19H,4,11H2,1-3H3. The van der Waals surface area contributed by atoms with E-state index in [4.69, 9.17) is 21.1 Å². The van der Waals surface area contributed by atoms with Crippen LogP contribution >= 0.6 is 11.6 Å². The molecule has 0 aliphatic carbocycles. The fourth-order valence-electron chi connectivity index (χ4n) is 2.12. The zero-order valence-electron chi connectivity index (χ0n) is 12.6. The van der Waals surface area contributed by atoms with Crippen molar-refractivity contribution in [3.05, 3.63) is 47.0 Å². The second kappa shape index (κ2) is 7.34. The Morgan fingerprint density at radius 1 is 0.952 bits per heavy atom. The fraction of sp³-hybridized carbons (Fsp3) is 0.294. The second-order valence-corrected chi connectivity index (χ2v) is 5.10. The van der Waals surface area contributed by atoms with Crippen molar-refractivity contribution < 1.29 is 9.47 Å². The van der Waals surface area contributed by atoms with Gasteiger partial charge in [0.25, 0.3) is 0 Å². The maximum absolute atomic E-state index is 6.25. The van der Waals surface area contributed by atoms with Gasteiger partial charge in [-0.25, -0.2) is 0 Å². The number of hydrogen-bond acceptors (Lipinski definition) is 3. The Morgan fingerprint density at radius 3 is 2.19 bits per heavy atom. The first-order valence-corrected chi connectivity index (χ1v) is 7.28. The summed E-state index contributed by atoms with van der Waals surface area (Å²) in [7, 11) is 3.30. The van der Waals surface area contributed by atoms with E-state index in [0.717, 1.165) is 46.3 Å². The van der Waals surface area contributed by atoms with Crippen LogP contribution in [0.25, 0.3) is 11.1 Å². The lowest BCUT2D eigenvalue weighted by atomic mass is 10.0. The Balaban J connectivity index is 2.41. The first-order valence-electron chi connectivity index (χ1n) is 6.90. The van der Waals surface area contributed by atoms with Crippen molar-refractivity contribution in [2.45, 2.75) is 13.5 Å².